The molecule has 0 spiro atoms. The van der Waals surface area contributed by atoms with Gasteiger partial charge in [0.2, 0.25) is 5.84 Å². The number of aliphatic imine (C=N–C) groups is 2. The zero-order valence-electron chi connectivity index (χ0n) is 12.4. The summed E-state index contributed by atoms with van der Waals surface area (Å²) < 4.78 is 18.4. The summed E-state index contributed by atoms with van der Waals surface area (Å²) in [6.07, 6.45) is 1.58. The lowest BCUT2D eigenvalue weighted by atomic mass is 10.2. The number of esters is 1. The van der Waals surface area contributed by atoms with E-state index in [2.05, 4.69) is 15.0 Å². The predicted octanol–water partition coefficient (Wildman–Crippen LogP) is 2.15. The van der Waals surface area contributed by atoms with E-state index in [0.717, 1.165) is 0 Å². The molecular formula is C15H15FN4O2S. The van der Waals surface area contributed by atoms with E-state index in [1.165, 1.54) is 17.4 Å². The van der Waals surface area contributed by atoms with Gasteiger partial charge in [-0.15, -0.1) is 11.3 Å². The molecule has 0 aliphatic rings. The molecule has 0 saturated heterocycles. The summed E-state index contributed by atoms with van der Waals surface area (Å²) in [7, 11) is 0. The highest BCUT2D eigenvalue weighted by Gasteiger charge is 2.12. The van der Waals surface area contributed by atoms with E-state index < -0.39 is 5.97 Å². The summed E-state index contributed by atoms with van der Waals surface area (Å²) in [6, 6.07) is 6.29. The number of hydrogen-bond acceptors (Lipinski definition) is 5. The van der Waals surface area contributed by atoms with Crippen LogP contribution < -0.4 is 5.73 Å². The number of hydrogen-bond donors (Lipinski definition) is 1. The molecule has 0 fully saturated rings. The first-order valence-electron chi connectivity index (χ1n) is 6.80. The van der Waals surface area contributed by atoms with Crippen molar-refractivity contribution in [3.63, 3.8) is 0 Å². The molecule has 1 heterocycles. The molecule has 0 unspecified atom stereocenters. The average Bonchev–Trinajstić information content (AvgIpc) is 3.07. The maximum atomic E-state index is 13.7. The molecule has 1 aromatic carbocycles. The normalized spacial score (nSPS) is 12.3. The molecule has 0 bridgehead atoms. The Morgan fingerprint density at radius 3 is 2.87 bits per heavy atom. The smallest absolute Gasteiger partial charge is 0.373 e. The second-order valence-corrected chi connectivity index (χ2v) is 5.18. The number of halogens is 1. The number of carbonyl (C=O) groups is 1. The summed E-state index contributed by atoms with van der Waals surface area (Å²) in [5, 5.41) is 2.22. The summed E-state index contributed by atoms with van der Waals surface area (Å²) in [6.45, 7) is 1.91. The average molecular weight is 334 g/mol. The Morgan fingerprint density at radius 1 is 1.43 bits per heavy atom. The zero-order valence-corrected chi connectivity index (χ0v) is 13.2. The topological polar surface area (TPSA) is 89.9 Å². The number of aromatic nitrogens is 1. The van der Waals surface area contributed by atoms with Gasteiger partial charge in [-0.25, -0.2) is 19.2 Å². The van der Waals surface area contributed by atoms with Crippen LogP contribution in [0.15, 0.2) is 45.8 Å². The summed E-state index contributed by atoms with van der Waals surface area (Å²) in [5.41, 5.74) is 6.02. The van der Waals surface area contributed by atoms with Crippen molar-refractivity contribution < 1.29 is 13.9 Å². The SMILES string of the molecule is CCOC(=O)C(N)=NC(=NCc1ccccc1F)c1nccs1. The molecular weight excluding hydrogens is 319 g/mol. The molecule has 0 atom stereocenters. The van der Waals surface area contributed by atoms with Crippen LogP contribution in [0.3, 0.4) is 0 Å². The highest BCUT2D eigenvalue weighted by Crippen LogP contribution is 2.11. The summed E-state index contributed by atoms with van der Waals surface area (Å²) >= 11 is 1.29. The Kier molecular flexibility index (Phi) is 5.93. The number of benzene rings is 1. The molecule has 6 nitrogen and oxygen atoms in total. The lowest BCUT2D eigenvalue weighted by Crippen LogP contribution is -2.27. The Morgan fingerprint density at radius 2 is 2.22 bits per heavy atom. The van der Waals surface area contributed by atoms with Crippen molar-refractivity contribution in [2.45, 2.75) is 13.5 Å². The van der Waals surface area contributed by atoms with Gasteiger partial charge in [-0.1, -0.05) is 18.2 Å². The van der Waals surface area contributed by atoms with Gasteiger partial charge in [0, 0.05) is 17.1 Å². The van der Waals surface area contributed by atoms with Crippen LogP contribution >= 0.6 is 11.3 Å². The summed E-state index contributed by atoms with van der Waals surface area (Å²) in [4.78, 5) is 23.9. The van der Waals surface area contributed by atoms with Gasteiger partial charge in [0.05, 0.1) is 13.2 Å². The monoisotopic (exact) mass is 334 g/mol. The largest absolute Gasteiger partial charge is 0.460 e. The first kappa shape index (κ1) is 16.8. The van der Waals surface area contributed by atoms with Crippen molar-refractivity contribution in [2.75, 3.05) is 6.61 Å². The first-order chi connectivity index (χ1) is 11.1. The van der Waals surface area contributed by atoms with E-state index in [-0.39, 0.29) is 30.6 Å². The minimum atomic E-state index is -0.734. The van der Waals surface area contributed by atoms with E-state index in [1.807, 2.05) is 0 Å². The fourth-order valence-corrected chi connectivity index (χ4v) is 2.22. The van der Waals surface area contributed by atoms with Crippen molar-refractivity contribution in [3.8, 4) is 0 Å². The third-order valence-electron chi connectivity index (χ3n) is 2.69. The van der Waals surface area contributed by atoms with E-state index in [4.69, 9.17) is 10.5 Å². The van der Waals surface area contributed by atoms with Crippen molar-refractivity contribution in [2.24, 2.45) is 15.7 Å². The molecule has 0 aliphatic heterocycles. The lowest BCUT2D eigenvalue weighted by molar-refractivity contribution is -0.135. The standard InChI is InChI=1S/C15H15FN4O2S/c1-2-22-15(21)12(17)20-13(14-18-7-8-23-14)19-9-10-5-3-4-6-11(10)16/h3-8H,2,9H2,1H3,(H2,17,19,20). The van der Waals surface area contributed by atoms with E-state index in [9.17, 15) is 9.18 Å². The van der Waals surface area contributed by atoms with Gasteiger partial charge in [0.15, 0.2) is 10.8 Å². The maximum Gasteiger partial charge on any atom is 0.373 e. The number of carbonyl (C=O) groups excluding carboxylic acids is 1. The molecule has 0 radical (unpaired) electrons. The molecule has 0 aliphatic carbocycles. The molecule has 8 heteroatoms. The number of amidine groups is 2. The summed E-state index contributed by atoms with van der Waals surface area (Å²) in [5.74, 6) is -1.26. The van der Waals surface area contributed by atoms with Gasteiger partial charge in [-0.3, -0.25) is 4.99 Å². The Balaban J connectivity index is 2.28. The van der Waals surface area contributed by atoms with Crippen molar-refractivity contribution in [1.29, 1.82) is 0 Å². The van der Waals surface area contributed by atoms with Gasteiger partial charge < -0.3 is 10.5 Å². The number of nitrogens with zero attached hydrogens (tertiary/aromatic N) is 3. The first-order valence-corrected chi connectivity index (χ1v) is 7.68. The van der Waals surface area contributed by atoms with Gasteiger partial charge in [-0.2, -0.15) is 0 Å². The van der Waals surface area contributed by atoms with Crippen LogP contribution in [-0.4, -0.2) is 29.2 Å². The van der Waals surface area contributed by atoms with Gasteiger partial charge in [0.1, 0.15) is 5.82 Å². The van der Waals surface area contributed by atoms with Crippen molar-refractivity contribution in [1.82, 2.24) is 4.98 Å². The third-order valence-corrected chi connectivity index (χ3v) is 3.46. The van der Waals surface area contributed by atoms with Crippen LogP contribution in [0, 0.1) is 5.82 Å². The minimum absolute atomic E-state index is 0.0567. The van der Waals surface area contributed by atoms with Crippen LogP contribution in [0.25, 0.3) is 0 Å². The fourth-order valence-electron chi connectivity index (χ4n) is 1.64. The van der Waals surface area contributed by atoms with Crippen LogP contribution in [0.2, 0.25) is 0 Å². The minimum Gasteiger partial charge on any atom is -0.460 e. The van der Waals surface area contributed by atoms with E-state index in [1.54, 1.807) is 36.7 Å². The number of thiazole rings is 1. The second kappa shape index (κ2) is 8.14. The van der Waals surface area contributed by atoms with Crippen LogP contribution in [0.1, 0.15) is 17.5 Å². The van der Waals surface area contributed by atoms with E-state index in [0.29, 0.717) is 10.6 Å². The van der Waals surface area contributed by atoms with Gasteiger partial charge >= 0.3 is 5.97 Å². The maximum absolute atomic E-state index is 13.7. The highest BCUT2D eigenvalue weighted by molar-refractivity contribution is 7.11. The second-order valence-electron chi connectivity index (χ2n) is 4.29. The molecule has 0 saturated carbocycles. The molecule has 120 valence electrons. The Labute approximate surface area is 136 Å². The number of ether oxygens (including phenoxy) is 1. The highest BCUT2D eigenvalue weighted by atomic mass is 32.1. The van der Waals surface area contributed by atoms with Crippen LogP contribution in [0.5, 0.6) is 0 Å². The fraction of sp³-hybridized carbons (Fsp3) is 0.200. The van der Waals surface area contributed by atoms with Gasteiger partial charge in [0.25, 0.3) is 0 Å². The van der Waals surface area contributed by atoms with Gasteiger partial charge in [-0.05, 0) is 13.0 Å². The van der Waals surface area contributed by atoms with Crippen LogP contribution in [0.4, 0.5) is 4.39 Å². The Bertz CT molecular complexity index is 729. The third kappa shape index (κ3) is 4.68. The number of nitrogens with two attached hydrogens (primary N) is 1. The van der Waals surface area contributed by atoms with Crippen molar-refractivity contribution in [3.05, 3.63) is 52.2 Å². The van der Waals surface area contributed by atoms with Crippen LogP contribution in [-0.2, 0) is 16.1 Å². The van der Waals surface area contributed by atoms with Crippen molar-refractivity contribution >= 4 is 29.0 Å². The zero-order chi connectivity index (χ0) is 16.7. The molecule has 1 aromatic heterocycles. The molecule has 2 aromatic rings. The molecule has 0 amide bonds. The quantitative estimate of drug-likeness (QED) is 0.527. The molecule has 23 heavy (non-hydrogen) atoms. The molecule has 2 rings (SSSR count). The lowest BCUT2D eigenvalue weighted by Gasteiger charge is -2.03. The predicted molar refractivity (Wildman–Crippen MR) is 87.0 cm³/mol. The van der Waals surface area contributed by atoms with E-state index >= 15 is 0 Å². The Hall–Kier alpha value is -2.61. The number of rotatable bonds is 4. The molecule has 2 N–H and O–H groups in total.